The maximum atomic E-state index is 10.1. The SMILES string of the molecule is [C-]#[N+]c1c(C#N)c(C#N)c(-c2cc(-c3ccc4c5ccccc5n(-c5[c-]c6c(cc5)c5ccccc5n6-c5cc(C(C)(C)C)ccn5)c4n3)[n-]n2)c([N+]#[C-])c1[N+]#[C-].[Pt+2]. The summed E-state index contributed by atoms with van der Waals surface area (Å²) in [6.45, 7) is 29.7. The van der Waals surface area contributed by atoms with Crippen molar-refractivity contribution in [1.82, 2.24) is 29.3 Å². The first-order valence-electron chi connectivity index (χ1n) is 17.7. The number of para-hydroxylation sites is 2. The van der Waals surface area contributed by atoms with Crippen molar-refractivity contribution in [2.75, 3.05) is 0 Å². The summed E-state index contributed by atoms with van der Waals surface area (Å²) in [6.07, 6.45) is 1.86. The summed E-state index contributed by atoms with van der Waals surface area (Å²) >= 11 is 0. The van der Waals surface area contributed by atoms with E-state index in [1.807, 2.05) is 66.9 Å². The second-order valence-corrected chi connectivity index (χ2v) is 14.4. The summed E-state index contributed by atoms with van der Waals surface area (Å²) in [6, 6.07) is 37.7. The first kappa shape index (κ1) is 37.1. The van der Waals surface area contributed by atoms with Crippen LogP contribution in [0.15, 0.2) is 97.2 Å². The first-order chi connectivity index (χ1) is 27.7. The van der Waals surface area contributed by atoms with Crippen LogP contribution >= 0.6 is 0 Å². The van der Waals surface area contributed by atoms with Gasteiger partial charge in [0.1, 0.15) is 11.5 Å². The van der Waals surface area contributed by atoms with Gasteiger partial charge >= 0.3 is 21.1 Å². The second-order valence-electron chi connectivity index (χ2n) is 14.4. The fourth-order valence-corrected chi connectivity index (χ4v) is 7.53. The van der Waals surface area contributed by atoms with E-state index < -0.39 is 0 Å². The normalized spacial score (nSPS) is 11.1. The van der Waals surface area contributed by atoms with Crippen LogP contribution in [-0.2, 0) is 26.5 Å². The van der Waals surface area contributed by atoms with E-state index in [-0.39, 0.29) is 65.9 Å². The van der Waals surface area contributed by atoms with E-state index in [0.717, 1.165) is 49.6 Å². The molecule has 0 radical (unpaired) electrons. The largest absolute Gasteiger partial charge is 2.00 e. The standard InChI is InChI=1S/C46H25N11.Pt/c1-46(2,3)26-19-20-52-40(21-26)57-38-14-10-7-11-28(38)30-16-15-27(22-39(30)57)56-37-13-9-8-12-29(37)31-17-18-34(53-45(31)56)35-23-36(55-54-35)41-32(24-47)33(25-48)42(49-4)44(51-6)43(41)50-5;/h7-21,23H,1-3H3;/q-2;+2. The smallest absolute Gasteiger partial charge is 0.573 e. The molecule has 5 aromatic heterocycles. The minimum absolute atomic E-state index is 0. The molecule has 0 fully saturated rings. The predicted octanol–water partition coefficient (Wildman–Crippen LogP) is 10.8. The van der Waals surface area contributed by atoms with Gasteiger partial charge in [0.2, 0.25) is 11.4 Å². The van der Waals surface area contributed by atoms with E-state index in [1.54, 1.807) is 6.07 Å². The Balaban J connectivity index is 0.00000469. The molecule has 0 aliphatic heterocycles. The Morgan fingerprint density at radius 1 is 0.707 bits per heavy atom. The van der Waals surface area contributed by atoms with Crippen LogP contribution in [0.1, 0.15) is 37.5 Å². The van der Waals surface area contributed by atoms with E-state index in [0.29, 0.717) is 17.0 Å². The Kier molecular flexibility index (Phi) is 8.95. The predicted molar refractivity (Wildman–Crippen MR) is 218 cm³/mol. The molecular formula is C46H25N11Pt. The average Bonchev–Trinajstić information content (AvgIpc) is 3.94. The third kappa shape index (κ3) is 5.52. The maximum Gasteiger partial charge on any atom is 2.00 e. The number of hydrogen-bond donors (Lipinski definition) is 0. The zero-order chi connectivity index (χ0) is 39.6. The van der Waals surface area contributed by atoms with Crippen LogP contribution in [0, 0.1) is 48.4 Å². The molecule has 0 aliphatic carbocycles. The average molecular weight is 927 g/mol. The topological polar surface area (TPSA) is 123 Å². The van der Waals surface area contributed by atoms with E-state index >= 15 is 0 Å². The van der Waals surface area contributed by atoms with Crippen LogP contribution in [0.2, 0.25) is 0 Å². The third-order valence-electron chi connectivity index (χ3n) is 10.2. The minimum atomic E-state index is -0.330. The molecule has 0 unspecified atom stereocenters. The molecule has 9 rings (SSSR count). The first-order valence-corrected chi connectivity index (χ1v) is 17.7. The van der Waals surface area contributed by atoms with Gasteiger partial charge in [-0.25, -0.2) is 9.97 Å². The van der Waals surface area contributed by atoms with Crippen LogP contribution < -0.4 is 5.10 Å². The summed E-state index contributed by atoms with van der Waals surface area (Å²) in [5.74, 6) is 0.797. The summed E-state index contributed by atoms with van der Waals surface area (Å²) < 4.78 is 4.23. The fourth-order valence-electron chi connectivity index (χ4n) is 7.53. The number of aromatic nitrogens is 6. The van der Waals surface area contributed by atoms with Crippen molar-refractivity contribution in [3.05, 3.63) is 154 Å². The Bertz CT molecular complexity index is 3360. The van der Waals surface area contributed by atoms with E-state index in [9.17, 15) is 10.5 Å². The van der Waals surface area contributed by atoms with Crippen LogP contribution in [0.3, 0.4) is 0 Å². The van der Waals surface area contributed by atoms with Gasteiger partial charge in [-0.1, -0.05) is 80.1 Å². The van der Waals surface area contributed by atoms with Gasteiger partial charge in [-0.2, -0.15) is 16.6 Å². The summed E-state index contributed by atoms with van der Waals surface area (Å²) in [4.78, 5) is 20.2. The van der Waals surface area contributed by atoms with Crippen molar-refractivity contribution in [3.8, 4) is 46.3 Å². The molecule has 4 aromatic carbocycles. The van der Waals surface area contributed by atoms with Crippen molar-refractivity contribution < 1.29 is 21.1 Å². The molecule has 0 atom stereocenters. The van der Waals surface area contributed by atoms with Gasteiger partial charge in [0.05, 0.1) is 54.2 Å². The van der Waals surface area contributed by atoms with Gasteiger partial charge in [0.25, 0.3) is 0 Å². The van der Waals surface area contributed by atoms with Gasteiger partial charge in [-0.3, -0.25) is 14.5 Å². The van der Waals surface area contributed by atoms with Gasteiger partial charge < -0.3 is 19.3 Å². The number of rotatable bonds is 4. The molecule has 0 aliphatic rings. The molecule has 0 saturated carbocycles. The van der Waals surface area contributed by atoms with Crippen molar-refractivity contribution in [1.29, 1.82) is 10.5 Å². The fraction of sp³-hybridized carbons (Fsp3) is 0.0870. The van der Waals surface area contributed by atoms with Gasteiger partial charge in [-0.15, -0.1) is 17.5 Å². The van der Waals surface area contributed by atoms with Crippen molar-refractivity contribution >= 4 is 60.8 Å². The summed E-state index contributed by atoms with van der Waals surface area (Å²) in [5.41, 5.74) is 4.87. The van der Waals surface area contributed by atoms with Crippen molar-refractivity contribution in [2.45, 2.75) is 26.2 Å². The Morgan fingerprint density at radius 2 is 1.36 bits per heavy atom. The van der Waals surface area contributed by atoms with E-state index in [4.69, 9.17) is 29.7 Å². The van der Waals surface area contributed by atoms with E-state index in [2.05, 4.69) is 97.1 Å². The van der Waals surface area contributed by atoms with E-state index in [1.165, 1.54) is 5.56 Å². The minimum Gasteiger partial charge on any atom is -0.573 e. The number of nitrogens with zero attached hydrogens (tertiary/aromatic N) is 11. The second kappa shape index (κ2) is 14.0. The Labute approximate surface area is 346 Å². The molecule has 58 heavy (non-hydrogen) atoms. The number of nitriles is 2. The Morgan fingerprint density at radius 3 is 2.03 bits per heavy atom. The van der Waals surface area contributed by atoms with Crippen molar-refractivity contribution in [3.63, 3.8) is 0 Å². The number of fused-ring (bicyclic) bond motifs is 6. The summed E-state index contributed by atoms with van der Waals surface area (Å²) in [5, 5.41) is 32.7. The molecule has 274 valence electrons. The summed E-state index contributed by atoms with van der Waals surface area (Å²) in [7, 11) is 0. The third-order valence-corrected chi connectivity index (χ3v) is 10.2. The molecule has 12 heteroatoms. The van der Waals surface area contributed by atoms with Crippen LogP contribution in [0.5, 0.6) is 0 Å². The molecule has 0 bridgehead atoms. The molecule has 0 amide bonds. The van der Waals surface area contributed by atoms with Crippen molar-refractivity contribution in [2.24, 2.45) is 0 Å². The van der Waals surface area contributed by atoms with Crippen LogP contribution in [0.4, 0.5) is 17.1 Å². The monoisotopic (exact) mass is 926 g/mol. The van der Waals surface area contributed by atoms with Gasteiger partial charge in [0.15, 0.2) is 5.69 Å². The molecule has 11 nitrogen and oxygen atoms in total. The maximum absolute atomic E-state index is 10.1. The molecule has 0 spiro atoms. The molecule has 5 heterocycles. The Hall–Kier alpha value is -7.87. The molecule has 9 aromatic rings. The van der Waals surface area contributed by atoms with Crippen LogP contribution in [0.25, 0.3) is 92.4 Å². The number of benzene rings is 4. The quantitative estimate of drug-likeness (QED) is 0.162. The zero-order valence-corrected chi connectivity index (χ0v) is 33.2. The molecule has 0 saturated heterocycles. The molecule has 0 N–H and O–H groups in total. The zero-order valence-electron chi connectivity index (χ0n) is 31.0. The molecular weight excluding hydrogens is 902 g/mol. The van der Waals surface area contributed by atoms with Crippen LogP contribution in [-0.4, -0.2) is 24.2 Å². The number of hydrogen-bond acceptors (Lipinski definition) is 5. The van der Waals surface area contributed by atoms with Gasteiger partial charge in [0, 0.05) is 33.7 Å². The van der Waals surface area contributed by atoms with Gasteiger partial charge in [-0.05, 0) is 52.8 Å². The number of pyridine rings is 2.